The van der Waals surface area contributed by atoms with Gasteiger partial charge in [-0.1, -0.05) is 43.4 Å². The Balaban J connectivity index is 1.91. The van der Waals surface area contributed by atoms with Gasteiger partial charge in [-0.15, -0.1) is 0 Å². The van der Waals surface area contributed by atoms with E-state index >= 15 is 0 Å². The quantitative estimate of drug-likeness (QED) is 0.457. The molecule has 0 saturated carbocycles. The number of pyridine rings is 3. The summed E-state index contributed by atoms with van der Waals surface area (Å²) in [7, 11) is 0. The summed E-state index contributed by atoms with van der Waals surface area (Å²) in [5.41, 5.74) is 3.88. The number of hydrogen-bond donors (Lipinski definition) is 0. The van der Waals surface area contributed by atoms with Crippen LogP contribution in [0.5, 0.6) is 0 Å². The van der Waals surface area contributed by atoms with Gasteiger partial charge >= 0.3 is 0 Å². The maximum absolute atomic E-state index is 5.10. The van der Waals surface area contributed by atoms with Crippen molar-refractivity contribution in [2.24, 2.45) is 0 Å². The largest absolute Gasteiger partial charge is 0.254 e. The lowest BCUT2D eigenvalue weighted by Crippen LogP contribution is -2.21. The van der Waals surface area contributed by atoms with E-state index in [1.54, 1.807) is 0 Å². The van der Waals surface area contributed by atoms with E-state index in [0.717, 1.165) is 44.8 Å². The Kier molecular flexibility index (Phi) is 2.98. The van der Waals surface area contributed by atoms with Crippen molar-refractivity contribution in [2.45, 2.75) is 18.8 Å². The molecule has 0 spiro atoms. The molecule has 1 aliphatic rings. The first-order chi connectivity index (χ1) is 12.3. The number of allylic oxidation sites excluding steroid dienone is 4. The minimum atomic E-state index is -0.0681. The Bertz CT molecular complexity index is 1150. The highest BCUT2D eigenvalue weighted by Gasteiger charge is 2.25. The highest BCUT2D eigenvalue weighted by molar-refractivity contribution is 6.21. The van der Waals surface area contributed by atoms with E-state index in [1.165, 1.54) is 0 Å². The van der Waals surface area contributed by atoms with Crippen molar-refractivity contribution in [3.8, 4) is 0 Å². The number of fused-ring (bicyclic) bond motifs is 6. The van der Waals surface area contributed by atoms with Crippen molar-refractivity contribution in [3.63, 3.8) is 0 Å². The average molecular weight is 323 g/mol. The van der Waals surface area contributed by atoms with Crippen LogP contribution >= 0.6 is 0 Å². The highest BCUT2D eigenvalue weighted by Crippen LogP contribution is 2.36. The molecule has 0 aliphatic heterocycles. The molecule has 1 aromatic carbocycles. The first-order valence-electron chi connectivity index (χ1n) is 8.53. The molecule has 5 rings (SSSR count). The lowest BCUT2D eigenvalue weighted by molar-refractivity contribution is 0.582. The molecule has 3 heterocycles. The van der Waals surface area contributed by atoms with Gasteiger partial charge in [-0.05, 0) is 30.7 Å². The predicted molar refractivity (Wildman–Crippen MR) is 103 cm³/mol. The van der Waals surface area contributed by atoms with Gasteiger partial charge in [0.15, 0.2) is 0 Å². The van der Waals surface area contributed by atoms with Crippen LogP contribution in [-0.4, -0.2) is 15.0 Å². The van der Waals surface area contributed by atoms with E-state index in [4.69, 9.17) is 4.98 Å². The molecule has 1 unspecified atom stereocenters. The van der Waals surface area contributed by atoms with Crippen molar-refractivity contribution in [3.05, 3.63) is 78.8 Å². The SMILES string of the molecule is CC1(c2ccc3c4cccnc4c4ncccc4c3n2)C=CC=CC1. The van der Waals surface area contributed by atoms with Crippen LogP contribution in [0.2, 0.25) is 0 Å². The number of nitrogens with zero attached hydrogens (tertiary/aromatic N) is 3. The van der Waals surface area contributed by atoms with Crippen LogP contribution in [0.4, 0.5) is 0 Å². The lowest BCUT2D eigenvalue weighted by atomic mass is 9.80. The van der Waals surface area contributed by atoms with Crippen LogP contribution < -0.4 is 0 Å². The van der Waals surface area contributed by atoms with E-state index in [2.05, 4.69) is 65.5 Å². The second-order valence-electron chi connectivity index (χ2n) is 6.80. The van der Waals surface area contributed by atoms with Gasteiger partial charge in [0.2, 0.25) is 0 Å². The Morgan fingerprint density at radius 1 is 0.800 bits per heavy atom. The van der Waals surface area contributed by atoms with Crippen LogP contribution in [0, 0.1) is 0 Å². The molecular formula is C22H17N3. The third-order valence-electron chi connectivity index (χ3n) is 5.12. The maximum Gasteiger partial charge on any atom is 0.0986 e. The first kappa shape index (κ1) is 14.3. The van der Waals surface area contributed by atoms with Crippen LogP contribution in [0.1, 0.15) is 19.0 Å². The Hall–Kier alpha value is -3.07. The van der Waals surface area contributed by atoms with Crippen molar-refractivity contribution < 1.29 is 0 Å². The molecule has 1 atom stereocenters. The molecule has 4 aromatic rings. The second-order valence-corrected chi connectivity index (χ2v) is 6.80. The fraction of sp³-hybridized carbons (Fsp3) is 0.136. The minimum absolute atomic E-state index is 0.0681. The van der Waals surface area contributed by atoms with Crippen LogP contribution in [0.3, 0.4) is 0 Å². The zero-order chi connectivity index (χ0) is 16.9. The molecule has 0 amide bonds. The standard InChI is InChI=1S/C22H17N3/c1-22(11-3-2-4-12-22)18-10-9-16-15-7-5-13-23-20(15)21-17(19(16)25-18)8-6-14-24-21/h2-11,13-14H,12H2,1H3. The van der Waals surface area contributed by atoms with Crippen molar-refractivity contribution >= 4 is 32.7 Å². The Morgan fingerprint density at radius 2 is 1.52 bits per heavy atom. The summed E-state index contributed by atoms with van der Waals surface area (Å²) in [5.74, 6) is 0. The van der Waals surface area contributed by atoms with E-state index < -0.39 is 0 Å². The van der Waals surface area contributed by atoms with Crippen LogP contribution in [0.25, 0.3) is 32.7 Å². The molecule has 1 aliphatic carbocycles. The summed E-state index contributed by atoms with van der Waals surface area (Å²) in [6, 6.07) is 12.5. The molecule has 3 nitrogen and oxygen atoms in total. The van der Waals surface area contributed by atoms with Gasteiger partial charge in [0.1, 0.15) is 0 Å². The van der Waals surface area contributed by atoms with Crippen LogP contribution in [-0.2, 0) is 5.41 Å². The topological polar surface area (TPSA) is 38.7 Å². The summed E-state index contributed by atoms with van der Waals surface area (Å²) >= 11 is 0. The van der Waals surface area contributed by atoms with Gasteiger partial charge < -0.3 is 0 Å². The Morgan fingerprint density at radius 3 is 2.28 bits per heavy atom. The second kappa shape index (κ2) is 5.21. The molecule has 25 heavy (non-hydrogen) atoms. The molecule has 0 saturated heterocycles. The Labute approximate surface area is 145 Å². The van der Waals surface area contributed by atoms with Crippen LogP contribution in [0.15, 0.2) is 73.1 Å². The van der Waals surface area contributed by atoms with Gasteiger partial charge in [-0.3, -0.25) is 15.0 Å². The molecule has 0 bridgehead atoms. The van der Waals surface area contributed by atoms with E-state index in [0.29, 0.717) is 0 Å². The highest BCUT2D eigenvalue weighted by atomic mass is 14.8. The molecular weight excluding hydrogens is 306 g/mol. The molecule has 3 aromatic heterocycles. The summed E-state index contributed by atoms with van der Waals surface area (Å²) in [6.07, 6.45) is 13.3. The average Bonchev–Trinajstić information content (AvgIpc) is 2.68. The van der Waals surface area contributed by atoms with Gasteiger partial charge in [-0.2, -0.15) is 0 Å². The monoisotopic (exact) mass is 323 g/mol. The normalized spacial score (nSPS) is 19.9. The fourth-order valence-corrected chi connectivity index (χ4v) is 3.71. The van der Waals surface area contributed by atoms with Crippen molar-refractivity contribution in [1.82, 2.24) is 15.0 Å². The molecule has 120 valence electrons. The summed E-state index contributed by atoms with van der Waals surface area (Å²) < 4.78 is 0. The smallest absolute Gasteiger partial charge is 0.0986 e. The van der Waals surface area contributed by atoms with E-state index in [9.17, 15) is 0 Å². The van der Waals surface area contributed by atoms with Gasteiger partial charge in [0.25, 0.3) is 0 Å². The fourth-order valence-electron chi connectivity index (χ4n) is 3.71. The zero-order valence-corrected chi connectivity index (χ0v) is 14.0. The number of benzene rings is 1. The number of hydrogen-bond acceptors (Lipinski definition) is 3. The number of aromatic nitrogens is 3. The third kappa shape index (κ3) is 2.09. The summed E-state index contributed by atoms with van der Waals surface area (Å²) in [4.78, 5) is 14.3. The summed E-state index contributed by atoms with van der Waals surface area (Å²) in [5, 5.41) is 3.29. The summed E-state index contributed by atoms with van der Waals surface area (Å²) in [6.45, 7) is 2.24. The number of rotatable bonds is 1. The molecule has 0 radical (unpaired) electrons. The zero-order valence-electron chi connectivity index (χ0n) is 14.0. The molecule has 0 fully saturated rings. The predicted octanol–water partition coefficient (Wildman–Crippen LogP) is 5.11. The van der Waals surface area contributed by atoms with Crippen molar-refractivity contribution in [2.75, 3.05) is 0 Å². The lowest BCUT2D eigenvalue weighted by Gasteiger charge is -2.26. The van der Waals surface area contributed by atoms with E-state index in [-0.39, 0.29) is 5.41 Å². The van der Waals surface area contributed by atoms with Gasteiger partial charge in [-0.25, -0.2) is 0 Å². The van der Waals surface area contributed by atoms with E-state index in [1.807, 2.05) is 24.5 Å². The molecule has 0 N–H and O–H groups in total. The molecule has 3 heteroatoms. The van der Waals surface area contributed by atoms with Gasteiger partial charge in [0, 0.05) is 34.0 Å². The first-order valence-corrected chi connectivity index (χ1v) is 8.53. The minimum Gasteiger partial charge on any atom is -0.254 e. The third-order valence-corrected chi connectivity index (χ3v) is 5.12. The maximum atomic E-state index is 5.10. The van der Waals surface area contributed by atoms with Gasteiger partial charge in [0.05, 0.1) is 22.2 Å². The van der Waals surface area contributed by atoms with Crippen molar-refractivity contribution in [1.29, 1.82) is 0 Å².